The summed E-state index contributed by atoms with van der Waals surface area (Å²) >= 11 is 0. The molecule has 0 saturated carbocycles. The average molecular weight is 651 g/mol. The Morgan fingerprint density at radius 1 is 0.314 bits per heavy atom. The molecule has 0 atom stereocenters. The predicted octanol–water partition coefficient (Wildman–Crippen LogP) is 13.1. The van der Waals surface area contributed by atoms with E-state index in [9.17, 15) is 0 Å². The first kappa shape index (κ1) is 28.0. The van der Waals surface area contributed by atoms with E-state index >= 15 is 0 Å². The van der Waals surface area contributed by atoms with Gasteiger partial charge in [0.25, 0.3) is 0 Å². The van der Waals surface area contributed by atoms with Crippen LogP contribution < -0.4 is 0 Å². The molecule has 11 aromatic rings. The van der Waals surface area contributed by atoms with Crippen LogP contribution in [0.3, 0.4) is 0 Å². The van der Waals surface area contributed by atoms with Gasteiger partial charge >= 0.3 is 0 Å². The van der Waals surface area contributed by atoms with Crippen LogP contribution in [-0.4, -0.2) is 9.13 Å². The van der Waals surface area contributed by atoms with Crippen molar-refractivity contribution in [3.05, 3.63) is 182 Å². The van der Waals surface area contributed by atoms with Gasteiger partial charge in [0.1, 0.15) is 11.2 Å². The van der Waals surface area contributed by atoms with Crippen molar-refractivity contribution in [2.45, 2.75) is 0 Å². The van der Waals surface area contributed by atoms with Crippen LogP contribution in [0.25, 0.3) is 99.2 Å². The minimum atomic E-state index is 0.897. The molecule has 0 unspecified atom stereocenters. The van der Waals surface area contributed by atoms with Crippen molar-refractivity contribution in [1.82, 2.24) is 9.13 Å². The summed E-state index contributed by atoms with van der Waals surface area (Å²) in [5.41, 5.74) is 13.6. The van der Waals surface area contributed by atoms with E-state index in [2.05, 4.69) is 179 Å². The number of benzene rings is 8. The van der Waals surface area contributed by atoms with Gasteiger partial charge < -0.3 is 13.6 Å². The Balaban J connectivity index is 1.13. The number of para-hydroxylation sites is 3. The van der Waals surface area contributed by atoms with Gasteiger partial charge in [-0.15, -0.1) is 0 Å². The van der Waals surface area contributed by atoms with Gasteiger partial charge in [0.2, 0.25) is 0 Å². The molecule has 3 heterocycles. The molecule has 0 aliphatic rings. The highest BCUT2D eigenvalue weighted by molar-refractivity contribution is 6.17. The van der Waals surface area contributed by atoms with Crippen molar-refractivity contribution in [1.29, 1.82) is 0 Å². The molecule has 0 saturated heterocycles. The largest absolute Gasteiger partial charge is 0.456 e. The molecule has 3 aromatic heterocycles. The Kier molecular flexibility index (Phi) is 5.96. The molecule has 238 valence electrons. The molecule has 0 N–H and O–H groups in total. The third-order valence-corrected chi connectivity index (χ3v) is 10.5. The van der Waals surface area contributed by atoms with E-state index in [1.54, 1.807) is 0 Å². The van der Waals surface area contributed by atoms with Crippen LogP contribution in [0.1, 0.15) is 0 Å². The number of aromatic nitrogens is 2. The van der Waals surface area contributed by atoms with Crippen molar-refractivity contribution in [2.24, 2.45) is 0 Å². The predicted molar refractivity (Wildman–Crippen MR) is 213 cm³/mol. The molecule has 0 amide bonds. The summed E-state index contributed by atoms with van der Waals surface area (Å²) in [5.74, 6) is 0. The molecule has 0 spiro atoms. The molecular formula is C48H30N2O. The van der Waals surface area contributed by atoms with Crippen LogP contribution in [0.15, 0.2) is 186 Å². The van der Waals surface area contributed by atoms with Crippen LogP contribution in [0, 0.1) is 0 Å². The molecule has 0 radical (unpaired) electrons. The third kappa shape index (κ3) is 4.19. The molecular weight excluding hydrogens is 621 g/mol. The third-order valence-electron chi connectivity index (χ3n) is 10.5. The fourth-order valence-corrected chi connectivity index (χ4v) is 8.25. The lowest BCUT2D eigenvalue weighted by Gasteiger charge is -2.09. The van der Waals surface area contributed by atoms with Gasteiger partial charge in [0.15, 0.2) is 0 Å². The Morgan fingerprint density at radius 3 is 1.75 bits per heavy atom. The minimum absolute atomic E-state index is 0.897. The lowest BCUT2D eigenvalue weighted by molar-refractivity contribution is 0.668. The molecule has 0 bridgehead atoms. The molecule has 51 heavy (non-hydrogen) atoms. The van der Waals surface area contributed by atoms with Crippen molar-refractivity contribution in [3.8, 4) is 33.6 Å². The summed E-state index contributed by atoms with van der Waals surface area (Å²) in [6, 6.07) is 65.5. The number of hydrogen-bond donors (Lipinski definition) is 0. The molecule has 3 nitrogen and oxygen atoms in total. The Hall–Kier alpha value is -6.84. The highest BCUT2D eigenvalue weighted by Gasteiger charge is 2.19. The summed E-state index contributed by atoms with van der Waals surface area (Å²) in [6.07, 6.45) is 0. The highest BCUT2D eigenvalue weighted by atomic mass is 16.3. The summed E-state index contributed by atoms with van der Waals surface area (Å²) < 4.78 is 11.1. The Bertz CT molecular complexity index is 3130. The van der Waals surface area contributed by atoms with E-state index in [-0.39, 0.29) is 0 Å². The monoisotopic (exact) mass is 650 g/mol. The number of hydrogen-bond acceptors (Lipinski definition) is 1. The van der Waals surface area contributed by atoms with Gasteiger partial charge in [-0.3, -0.25) is 0 Å². The Labute approximate surface area is 293 Å². The zero-order chi connectivity index (χ0) is 33.5. The van der Waals surface area contributed by atoms with E-state index < -0.39 is 0 Å². The second kappa shape index (κ2) is 10.8. The van der Waals surface area contributed by atoms with Crippen LogP contribution in [0.2, 0.25) is 0 Å². The molecule has 0 aliphatic heterocycles. The highest BCUT2D eigenvalue weighted by Crippen LogP contribution is 2.42. The summed E-state index contributed by atoms with van der Waals surface area (Å²) in [7, 11) is 0. The summed E-state index contributed by atoms with van der Waals surface area (Å²) in [4.78, 5) is 0. The van der Waals surface area contributed by atoms with Gasteiger partial charge in [0, 0.05) is 49.8 Å². The molecule has 3 heteroatoms. The summed E-state index contributed by atoms with van der Waals surface area (Å²) in [6.45, 7) is 0. The van der Waals surface area contributed by atoms with Gasteiger partial charge in [-0.05, 0) is 89.0 Å². The fourth-order valence-electron chi connectivity index (χ4n) is 8.25. The maximum Gasteiger partial charge on any atom is 0.137 e. The average Bonchev–Trinajstić information content (AvgIpc) is 3.85. The van der Waals surface area contributed by atoms with Crippen molar-refractivity contribution >= 4 is 65.6 Å². The SMILES string of the molecule is c1ccc(-c2cccc3c2c2cc(-c4ccc5c(c4)c4ccccc4n5-c4ccc5c(c4)oc4ccccc45)ccc2n3-c2ccccc2)cc1. The van der Waals surface area contributed by atoms with E-state index in [0.717, 1.165) is 33.3 Å². The Morgan fingerprint density at radius 2 is 0.922 bits per heavy atom. The second-order valence-electron chi connectivity index (χ2n) is 13.3. The van der Waals surface area contributed by atoms with Crippen LogP contribution in [0.4, 0.5) is 0 Å². The maximum atomic E-state index is 6.31. The van der Waals surface area contributed by atoms with Gasteiger partial charge in [0.05, 0.1) is 22.1 Å². The number of rotatable bonds is 4. The van der Waals surface area contributed by atoms with Gasteiger partial charge in [-0.1, -0.05) is 109 Å². The van der Waals surface area contributed by atoms with Crippen molar-refractivity contribution < 1.29 is 4.42 Å². The quantitative estimate of drug-likeness (QED) is 0.186. The zero-order valence-electron chi connectivity index (χ0n) is 27.6. The number of fused-ring (bicyclic) bond motifs is 9. The number of nitrogens with zero attached hydrogens (tertiary/aromatic N) is 2. The first-order valence-corrected chi connectivity index (χ1v) is 17.4. The van der Waals surface area contributed by atoms with Crippen molar-refractivity contribution in [2.75, 3.05) is 0 Å². The van der Waals surface area contributed by atoms with Crippen LogP contribution in [0.5, 0.6) is 0 Å². The van der Waals surface area contributed by atoms with E-state index in [1.807, 2.05) is 12.1 Å². The van der Waals surface area contributed by atoms with Crippen LogP contribution >= 0.6 is 0 Å². The minimum Gasteiger partial charge on any atom is -0.456 e. The van der Waals surface area contributed by atoms with E-state index in [4.69, 9.17) is 4.42 Å². The maximum absolute atomic E-state index is 6.31. The summed E-state index contributed by atoms with van der Waals surface area (Å²) in [5, 5.41) is 7.25. The van der Waals surface area contributed by atoms with Crippen LogP contribution in [-0.2, 0) is 0 Å². The van der Waals surface area contributed by atoms with Crippen molar-refractivity contribution in [3.63, 3.8) is 0 Å². The molecule has 0 fully saturated rings. The first-order chi connectivity index (χ1) is 25.3. The standard InChI is InChI=1S/C48H30N2O/c1-3-12-31(13-4-1)36-18-11-20-45-48(36)41-29-33(23-27-44(41)49(45)34-14-5-2-6-15-34)32-22-26-43-40(28-32)37-16-7-9-19-42(37)50(43)35-24-25-39-38-17-8-10-21-46(38)51-47(39)30-35/h1-30H. The lowest BCUT2D eigenvalue weighted by atomic mass is 9.97. The second-order valence-corrected chi connectivity index (χ2v) is 13.3. The van der Waals surface area contributed by atoms with E-state index in [0.29, 0.717) is 0 Å². The zero-order valence-corrected chi connectivity index (χ0v) is 27.6. The van der Waals surface area contributed by atoms with Gasteiger partial charge in [-0.25, -0.2) is 0 Å². The topological polar surface area (TPSA) is 23.0 Å². The normalized spacial score (nSPS) is 11.9. The van der Waals surface area contributed by atoms with Gasteiger partial charge in [-0.2, -0.15) is 0 Å². The molecule has 0 aliphatic carbocycles. The fraction of sp³-hybridized carbons (Fsp3) is 0. The smallest absolute Gasteiger partial charge is 0.137 e. The molecule has 8 aromatic carbocycles. The van der Waals surface area contributed by atoms with E-state index in [1.165, 1.54) is 65.9 Å². The lowest BCUT2D eigenvalue weighted by Crippen LogP contribution is -1.93. The first-order valence-electron chi connectivity index (χ1n) is 17.4. The molecule has 11 rings (SSSR count). The number of furan rings is 1.